The molecule has 0 atom stereocenters. The van der Waals surface area contributed by atoms with Gasteiger partial charge in [-0.25, -0.2) is 8.42 Å². The molecule has 0 saturated heterocycles. The van der Waals surface area contributed by atoms with Crippen molar-refractivity contribution < 1.29 is 13.2 Å². The van der Waals surface area contributed by atoms with E-state index in [1.54, 1.807) is 19.2 Å². The third-order valence-electron chi connectivity index (χ3n) is 3.14. The Hall–Kier alpha value is -1.27. The highest BCUT2D eigenvalue weighted by atomic mass is 35.5. The Kier molecular flexibility index (Phi) is 5.34. The summed E-state index contributed by atoms with van der Waals surface area (Å²) in [5.74, 6) is 0.679. The van der Waals surface area contributed by atoms with E-state index in [4.69, 9.17) is 27.9 Å². The summed E-state index contributed by atoms with van der Waals surface area (Å²) >= 11 is 11.7. The summed E-state index contributed by atoms with van der Waals surface area (Å²) in [4.78, 5) is 0.104. The third kappa shape index (κ3) is 3.73. The average molecular weight is 360 g/mol. The van der Waals surface area contributed by atoms with E-state index in [-0.39, 0.29) is 16.5 Å². The fraction of sp³-hybridized carbons (Fsp3) is 0.200. The van der Waals surface area contributed by atoms with Crippen molar-refractivity contribution in [2.24, 2.45) is 0 Å². The van der Waals surface area contributed by atoms with E-state index >= 15 is 0 Å². The molecule has 4 nitrogen and oxygen atoms in total. The molecule has 0 spiro atoms. The highest BCUT2D eigenvalue weighted by Gasteiger charge is 2.21. The second-order valence-corrected chi connectivity index (χ2v) is 7.55. The molecule has 2 rings (SSSR count). The predicted molar refractivity (Wildman–Crippen MR) is 88.1 cm³/mol. The van der Waals surface area contributed by atoms with Gasteiger partial charge in [0.25, 0.3) is 0 Å². The summed E-state index contributed by atoms with van der Waals surface area (Å²) in [6, 6.07) is 11.5. The van der Waals surface area contributed by atoms with Gasteiger partial charge in [0, 0.05) is 13.6 Å². The zero-order valence-corrected chi connectivity index (χ0v) is 14.4. The Morgan fingerprint density at radius 1 is 1.09 bits per heavy atom. The van der Waals surface area contributed by atoms with Crippen molar-refractivity contribution in [2.75, 3.05) is 14.2 Å². The van der Waals surface area contributed by atoms with Crippen molar-refractivity contribution in [3.8, 4) is 5.75 Å². The van der Waals surface area contributed by atoms with Crippen molar-refractivity contribution in [3.63, 3.8) is 0 Å². The van der Waals surface area contributed by atoms with Crippen molar-refractivity contribution in [2.45, 2.75) is 11.4 Å². The molecule has 22 heavy (non-hydrogen) atoms. The number of benzene rings is 2. The first kappa shape index (κ1) is 17.1. The SMILES string of the molecule is COc1cccc(CN(C)S(=O)(=O)c2ccc(Cl)c(Cl)c2)c1. The lowest BCUT2D eigenvalue weighted by atomic mass is 10.2. The van der Waals surface area contributed by atoms with Gasteiger partial charge in [-0.05, 0) is 35.9 Å². The molecule has 0 amide bonds. The molecule has 0 aromatic heterocycles. The van der Waals surface area contributed by atoms with Crippen LogP contribution in [0.25, 0.3) is 0 Å². The first-order chi connectivity index (χ1) is 10.3. The van der Waals surface area contributed by atoms with Crippen LogP contribution in [0.4, 0.5) is 0 Å². The number of sulfonamides is 1. The van der Waals surface area contributed by atoms with Crippen LogP contribution in [0.15, 0.2) is 47.4 Å². The average Bonchev–Trinajstić information content (AvgIpc) is 2.50. The Morgan fingerprint density at radius 2 is 1.82 bits per heavy atom. The van der Waals surface area contributed by atoms with Gasteiger partial charge in [-0.3, -0.25) is 0 Å². The fourth-order valence-electron chi connectivity index (χ4n) is 1.93. The van der Waals surface area contributed by atoms with Gasteiger partial charge < -0.3 is 4.74 Å². The number of methoxy groups -OCH3 is 1. The molecule has 0 aliphatic rings. The Balaban J connectivity index is 2.26. The van der Waals surface area contributed by atoms with Gasteiger partial charge in [0.1, 0.15) is 5.75 Å². The maximum Gasteiger partial charge on any atom is 0.243 e. The maximum atomic E-state index is 12.5. The maximum absolute atomic E-state index is 12.5. The predicted octanol–water partition coefficient (Wildman–Crippen LogP) is 3.82. The smallest absolute Gasteiger partial charge is 0.243 e. The molecule has 0 N–H and O–H groups in total. The lowest BCUT2D eigenvalue weighted by molar-refractivity contribution is 0.412. The van der Waals surface area contributed by atoms with Gasteiger partial charge in [-0.2, -0.15) is 4.31 Å². The van der Waals surface area contributed by atoms with E-state index in [1.165, 1.54) is 29.6 Å². The minimum Gasteiger partial charge on any atom is -0.497 e. The van der Waals surface area contributed by atoms with E-state index < -0.39 is 10.0 Å². The number of ether oxygens (including phenoxy) is 1. The minimum absolute atomic E-state index is 0.104. The van der Waals surface area contributed by atoms with Crippen LogP contribution in [0.5, 0.6) is 5.75 Å². The molecule has 2 aromatic rings. The van der Waals surface area contributed by atoms with Gasteiger partial charge in [0.15, 0.2) is 0 Å². The first-order valence-corrected chi connectivity index (χ1v) is 8.58. The summed E-state index contributed by atoms with van der Waals surface area (Å²) in [6.45, 7) is 0.222. The molecule has 0 fully saturated rings. The molecule has 0 unspecified atom stereocenters. The topological polar surface area (TPSA) is 46.6 Å². The van der Waals surface area contributed by atoms with Crippen LogP contribution in [-0.4, -0.2) is 26.9 Å². The van der Waals surface area contributed by atoms with Crippen LogP contribution in [0.3, 0.4) is 0 Å². The van der Waals surface area contributed by atoms with Crippen LogP contribution in [0.1, 0.15) is 5.56 Å². The van der Waals surface area contributed by atoms with Gasteiger partial charge in [-0.1, -0.05) is 35.3 Å². The van der Waals surface area contributed by atoms with Crippen molar-refractivity contribution >= 4 is 33.2 Å². The van der Waals surface area contributed by atoms with Gasteiger partial charge in [0.2, 0.25) is 10.0 Å². The molecule has 0 radical (unpaired) electrons. The number of halogens is 2. The van der Waals surface area contributed by atoms with Crippen LogP contribution in [0, 0.1) is 0 Å². The molecule has 0 saturated carbocycles. The Morgan fingerprint density at radius 3 is 2.45 bits per heavy atom. The second-order valence-electron chi connectivity index (χ2n) is 4.69. The Bertz CT molecular complexity index is 778. The van der Waals surface area contributed by atoms with E-state index in [0.717, 1.165) is 5.56 Å². The zero-order chi connectivity index (χ0) is 16.3. The standard InChI is InChI=1S/C15H15Cl2NO3S/c1-18(10-11-4-3-5-12(8-11)21-2)22(19,20)13-6-7-14(16)15(17)9-13/h3-9H,10H2,1-2H3. The number of hydrogen-bond acceptors (Lipinski definition) is 3. The molecular weight excluding hydrogens is 345 g/mol. The highest BCUT2D eigenvalue weighted by molar-refractivity contribution is 7.89. The molecule has 0 aliphatic carbocycles. The van der Waals surface area contributed by atoms with Crippen molar-refractivity contribution in [1.82, 2.24) is 4.31 Å². The van der Waals surface area contributed by atoms with Crippen molar-refractivity contribution in [1.29, 1.82) is 0 Å². The van der Waals surface area contributed by atoms with Gasteiger partial charge >= 0.3 is 0 Å². The van der Waals surface area contributed by atoms with E-state index in [9.17, 15) is 8.42 Å². The lowest BCUT2D eigenvalue weighted by Gasteiger charge is -2.18. The number of rotatable bonds is 5. The summed E-state index contributed by atoms with van der Waals surface area (Å²) < 4.78 is 31.5. The zero-order valence-electron chi connectivity index (χ0n) is 12.1. The van der Waals surface area contributed by atoms with Crippen LogP contribution >= 0.6 is 23.2 Å². The van der Waals surface area contributed by atoms with Gasteiger partial charge in [0.05, 0.1) is 22.1 Å². The molecule has 0 aliphatic heterocycles. The van der Waals surface area contributed by atoms with Crippen LogP contribution in [0.2, 0.25) is 10.0 Å². The van der Waals surface area contributed by atoms with Crippen molar-refractivity contribution in [3.05, 3.63) is 58.1 Å². The molecule has 118 valence electrons. The molecule has 2 aromatic carbocycles. The van der Waals surface area contributed by atoms with Crippen LogP contribution in [-0.2, 0) is 16.6 Å². The molecular formula is C15H15Cl2NO3S. The second kappa shape index (κ2) is 6.87. The summed E-state index contributed by atoms with van der Waals surface area (Å²) in [5.41, 5.74) is 0.825. The first-order valence-electron chi connectivity index (χ1n) is 6.39. The molecule has 7 heteroatoms. The molecule has 0 bridgehead atoms. The summed E-state index contributed by atoms with van der Waals surface area (Å²) in [5, 5.41) is 0.522. The normalized spacial score (nSPS) is 11.7. The fourth-order valence-corrected chi connectivity index (χ4v) is 3.48. The highest BCUT2D eigenvalue weighted by Crippen LogP contribution is 2.27. The minimum atomic E-state index is -3.65. The third-order valence-corrected chi connectivity index (χ3v) is 5.68. The lowest BCUT2D eigenvalue weighted by Crippen LogP contribution is -2.26. The van der Waals surface area contributed by atoms with E-state index in [0.29, 0.717) is 10.8 Å². The summed E-state index contributed by atoms with van der Waals surface area (Å²) in [7, 11) is -0.571. The number of hydrogen-bond donors (Lipinski definition) is 0. The van der Waals surface area contributed by atoms with Crippen LogP contribution < -0.4 is 4.74 Å². The molecule has 0 heterocycles. The summed E-state index contributed by atoms with van der Waals surface area (Å²) in [6.07, 6.45) is 0. The monoisotopic (exact) mass is 359 g/mol. The quantitative estimate of drug-likeness (QED) is 0.814. The number of nitrogens with zero attached hydrogens (tertiary/aromatic N) is 1. The Labute approximate surface area is 140 Å². The largest absolute Gasteiger partial charge is 0.497 e. The van der Waals surface area contributed by atoms with Gasteiger partial charge in [-0.15, -0.1) is 0 Å². The van der Waals surface area contributed by atoms with E-state index in [1.807, 2.05) is 12.1 Å². The van der Waals surface area contributed by atoms with E-state index in [2.05, 4.69) is 0 Å².